The first-order chi connectivity index (χ1) is 28.2. The number of hydrogen-bond acceptors (Lipinski definition) is 2. The van der Waals surface area contributed by atoms with Gasteiger partial charge in [-0.3, -0.25) is 0 Å². The Balaban J connectivity index is 0.855. The smallest absolute Gasteiger partial charge is 0.0497 e. The lowest BCUT2D eigenvalue weighted by atomic mass is 9.68. The first-order valence-corrected chi connectivity index (χ1v) is 21.1. The third-order valence-electron chi connectivity index (χ3n) is 14.1. The van der Waals surface area contributed by atoms with E-state index in [0.717, 1.165) is 45.1 Å². The zero-order chi connectivity index (χ0) is 37.5. The predicted molar refractivity (Wildman–Crippen MR) is 239 cm³/mol. The fourth-order valence-corrected chi connectivity index (χ4v) is 11.4. The lowest BCUT2D eigenvalue weighted by Gasteiger charge is -2.37. The molecular formula is C55H46N2. The first kappa shape index (κ1) is 33.1. The molecule has 0 amide bonds. The maximum atomic E-state index is 2.66. The number of anilines is 4. The number of rotatable bonds is 4. The minimum absolute atomic E-state index is 0.0870. The van der Waals surface area contributed by atoms with Crippen LogP contribution in [0.1, 0.15) is 71.0 Å². The van der Waals surface area contributed by atoms with Gasteiger partial charge in [0.05, 0.1) is 0 Å². The summed E-state index contributed by atoms with van der Waals surface area (Å²) in [4.78, 5) is 5.10. The predicted octanol–water partition coefficient (Wildman–Crippen LogP) is 13.5. The Labute approximate surface area is 336 Å². The Morgan fingerprint density at radius 2 is 1.35 bits per heavy atom. The lowest BCUT2D eigenvalue weighted by molar-refractivity contribution is 0.356. The van der Waals surface area contributed by atoms with Gasteiger partial charge in [-0.25, -0.2) is 0 Å². The molecule has 12 rings (SSSR count). The van der Waals surface area contributed by atoms with Gasteiger partial charge in [-0.05, 0) is 160 Å². The lowest BCUT2D eigenvalue weighted by Crippen LogP contribution is -2.34. The summed E-state index contributed by atoms with van der Waals surface area (Å²) in [7, 11) is 0. The summed E-state index contributed by atoms with van der Waals surface area (Å²) in [6.45, 7) is 1.12. The van der Waals surface area contributed by atoms with Crippen LogP contribution in [0.5, 0.6) is 0 Å². The van der Waals surface area contributed by atoms with Crippen molar-refractivity contribution in [3.8, 4) is 0 Å². The molecule has 0 aromatic heterocycles. The number of benzene rings is 6. The van der Waals surface area contributed by atoms with E-state index in [4.69, 9.17) is 0 Å². The number of allylic oxidation sites excluding steroid dienone is 9. The fourth-order valence-electron chi connectivity index (χ4n) is 11.4. The summed E-state index contributed by atoms with van der Waals surface area (Å²) >= 11 is 0. The molecule has 1 spiro atoms. The monoisotopic (exact) mass is 734 g/mol. The second kappa shape index (κ2) is 13.0. The highest BCUT2D eigenvalue weighted by Crippen LogP contribution is 2.60. The van der Waals surface area contributed by atoms with Crippen LogP contribution in [0.15, 0.2) is 175 Å². The average Bonchev–Trinajstić information content (AvgIpc) is 3.79. The number of para-hydroxylation sites is 2. The van der Waals surface area contributed by atoms with Crippen LogP contribution in [0, 0.1) is 5.92 Å². The van der Waals surface area contributed by atoms with Crippen molar-refractivity contribution in [2.75, 3.05) is 16.3 Å². The van der Waals surface area contributed by atoms with Crippen molar-refractivity contribution in [1.82, 2.24) is 0 Å². The van der Waals surface area contributed by atoms with E-state index in [1.165, 1.54) is 85.3 Å². The molecule has 0 bridgehead atoms. The molecule has 0 fully saturated rings. The van der Waals surface area contributed by atoms with E-state index >= 15 is 0 Å². The van der Waals surface area contributed by atoms with Crippen molar-refractivity contribution in [2.45, 2.75) is 56.8 Å². The molecule has 6 aromatic rings. The molecule has 57 heavy (non-hydrogen) atoms. The third kappa shape index (κ3) is 5.30. The van der Waals surface area contributed by atoms with Crippen LogP contribution >= 0.6 is 0 Å². The molecule has 2 nitrogen and oxygen atoms in total. The van der Waals surface area contributed by atoms with Crippen molar-refractivity contribution in [1.29, 1.82) is 0 Å². The van der Waals surface area contributed by atoms with Crippen molar-refractivity contribution < 1.29 is 0 Å². The van der Waals surface area contributed by atoms with Crippen molar-refractivity contribution in [3.05, 3.63) is 214 Å². The minimum Gasteiger partial charge on any atom is -0.345 e. The van der Waals surface area contributed by atoms with Crippen molar-refractivity contribution >= 4 is 45.2 Å². The normalized spacial score (nSPS) is 19.9. The molecule has 4 aliphatic carbocycles. The zero-order valence-electron chi connectivity index (χ0n) is 32.4. The summed E-state index contributed by atoms with van der Waals surface area (Å²) in [5.41, 5.74) is 21.4. The van der Waals surface area contributed by atoms with E-state index in [9.17, 15) is 0 Å². The second-order valence-electron chi connectivity index (χ2n) is 17.2. The molecule has 2 heteroatoms. The highest BCUT2D eigenvalue weighted by molar-refractivity contribution is 5.92. The molecule has 276 valence electrons. The molecular weight excluding hydrogens is 689 g/mol. The Morgan fingerprint density at radius 3 is 2.16 bits per heavy atom. The fraction of sp³-hybridized carbons (Fsp3) is 0.200. The number of fused-ring (bicyclic) bond motifs is 9. The first-order valence-electron chi connectivity index (χ1n) is 21.1. The van der Waals surface area contributed by atoms with Crippen LogP contribution in [0.3, 0.4) is 0 Å². The van der Waals surface area contributed by atoms with E-state index in [-0.39, 0.29) is 5.41 Å². The number of nitrogens with zero attached hydrogens (tertiary/aromatic N) is 2. The Bertz CT molecular complexity index is 2740. The molecule has 0 N–H and O–H groups in total. The average molecular weight is 735 g/mol. The van der Waals surface area contributed by atoms with E-state index < -0.39 is 0 Å². The number of hydrogen-bond donors (Lipinski definition) is 0. The highest BCUT2D eigenvalue weighted by atomic mass is 15.2. The van der Waals surface area contributed by atoms with Crippen LogP contribution in [-0.2, 0) is 24.7 Å². The van der Waals surface area contributed by atoms with Gasteiger partial charge in [0.1, 0.15) is 0 Å². The van der Waals surface area contributed by atoms with E-state index in [0.29, 0.717) is 5.92 Å². The molecule has 6 aromatic carbocycles. The molecule has 6 aliphatic rings. The van der Waals surface area contributed by atoms with Gasteiger partial charge < -0.3 is 9.80 Å². The van der Waals surface area contributed by atoms with Crippen LogP contribution in [0.25, 0.3) is 22.4 Å². The Morgan fingerprint density at radius 1 is 0.632 bits per heavy atom. The van der Waals surface area contributed by atoms with Gasteiger partial charge in [0.25, 0.3) is 0 Å². The molecule has 2 aliphatic heterocycles. The SMILES string of the molecule is C1=CC2=C(CC1)N(c1ccc3c(c1)C1(Cc4ccccc4C1)C1CC(/C=C/c4ccc5cc(N6c7ccccc7Cc7ccccc76)ccc5c4)=CC=C31)CCC2. The van der Waals surface area contributed by atoms with Crippen molar-refractivity contribution in [3.63, 3.8) is 0 Å². The van der Waals surface area contributed by atoms with Crippen LogP contribution in [0.2, 0.25) is 0 Å². The van der Waals surface area contributed by atoms with Gasteiger partial charge in [0.15, 0.2) is 0 Å². The largest absolute Gasteiger partial charge is 0.345 e. The third-order valence-corrected chi connectivity index (χ3v) is 14.1. The molecule has 0 saturated carbocycles. The topological polar surface area (TPSA) is 6.48 Å². The second-order valence-corrected chi connectivity index (χ2v) is 17.2. The molecule has 0 radical (unpaired) electrons. The maximum absolute atomic E-state index is 2.66. The van der Waals surface area contributed by atoms with E-state index in [2.05, 4.69) is 174 Å². The van der Waals surface area contributed by atoms with Gasteiger partial charge in [-0.2, -0.15) is 0 Å². The van der Waals surface area contributed by atoms with E-state index in [1.54, 1.807) is 22.4 Å². The van der Waals surface area contributed by atoms with E-state index in [1.807, 2.05) is 0 Å². The Kier molecular flexibility index (Phi) is 7.52. The highest BCUT2D eigenvalue weighted by Gasteiger charge is 2.53. The Hall–Kier alpha value is -6.12. The van der Waals surface area contributed by atoms with Crippen molar-refractivity contribution in [2.24, 2.45) is 5.92 Å². The van der Waals surface area contributed by atoms with Gasteiger partial charge >= 0.3 is 0 Å². The van der Waals surface area contributed by atoms with Crippen LogP contribution in [-0.4, -0.2) is 6.54 Å². The summed E-state index contributed by atoms with van der Waals surface area (Å²) in [5.74, 6) is 0.466. The molecule has 0 saturated heterocycles. The van der Waals surface area contributed by atoms with Crippen LogP contribution in [0.4, 0.5) is 22.7 Å². The maximum Gasteiger partial charge on any atom is 0.0497 e. The molecule has 2 heterocycles. The molecule has 1 unspecified atom stereocenters. The van der Waals surface area contributed by atoms with Crippen LogP contribution < -0.4 is 9.80 Å². The minimum atomic E-state index is 0.0870. The summed E-state index contributed by atoms with van der Waals surface area (Å²) in [6.07, 6.45) is 23.4. The standard InChI is InChI=1S/C55H46N2/c1-2-14-45-36-55(35-44(45)13-1)50-31-38(22-27-48(50)49-28-26-46(34-51(49)55)56-29-9-15-39-10-3-6-16-52(39)56)20-19-37-21-23-41-33-47(25-24-40(41)30-37)57-53-17-7-4-11-42(53)32-43-12-5-8-18-54(43)57/h1-5,7-8,10-14,17-28,30,33-34,50H,6,9,15-16,29,31-32,35-36H2/b20-19+. The summed E-state index contributed by atoms with van der Waals surface area (Å²) < 4.78 is 0. The van der Waals surface area contributed by atoms with Gasteiger partial charge in [-0.15, -0.1) is 0 Å². The summed E-state index contributed by atoms with van der Waals surface area (Å²) in [5, 5.41) is 2.53. The quantitative estimate of drug-likeness (QED) is 0.178. The van der Waals surface area contributed by atoms with Gasteiger partial charge in [-0.1, -0.05) is 121 Å². The summed E-state index contributed by atoms with van der Waals surface area (Å²) in [6, 6.07) is 48.3. The van der Waals surface area contributed by atoms with Gasteiger partial charge in [0, 0.05) is 46.8 Å². The van der Waals surface area contributed by atoms with Gasteiger partial charge in [0.2, 0.25) is 0 Å². The zero-order valence-corrected chi connectivity index (χ0v) is 32.4. The molecule has 1 atom stereocenters.